The van der Waals surface area contributed by atoms with Gasteiger partial charge in [-0.05, 0) is 43.9 Å². The molecule has 1 aliphatic carbocycles. The Bertz CT molecular complexity index is 610. The maximum absolute atomic E-state index is 12.5. The summed E-state index contributed by atoms with van der Waals surface area (Å²) in [5.74, 6) is 1.80. The van der Waals surface area contributed by atoms with Crippen LogP contribution in [0, 0.1) is 11.8 Å². The van der Waals surface area contributed by atoms with Crippen LogP contribution in [0.2, 0.25) is 0 Å². The molecule has 19 heavy (non-hydrogen) atoms. The van der Waals surface area contributed by atoms with Crippen molar-refractivity contribution in [3.8, 4) is 5.75 Å². The normalized spacial score (nSPS) is 16.5. The number of aromatic amines is 1. The van der Waals surface area contributed by atoms with E-state index in [1.807, 2.05) is 38.2 Å². The van der Waals surface area contributed by atoms with Gasteiger partial charge >= 0.3 is 0 Å². The first-order chi connectivity index (χ1) is 9.20. The predicted molar refractivity (Wildman–Crippen MR) is 75.7 cm³/mol. The van der Waals surface area contributed by atoms with Crippen molar-refractivity contribution < 1.29 is 9.53 Å². The second-order valence-corrected chi connectivity index (χ2v) is 5.33. The van der Waals surface area contributed by atoms with E-state index in [2.05, 4.69) is 4.98 Å². The highest BCUT2D eigenvalue weighted by atomic mass is 16.5. The molecular weight excluding hydrogens is 238 g/mol. The third-order valence-corrected chi connectivity index (χ3v) is 3.97. The number of hydrogen-bond donors (Lipinski definition) is 1. The number of carbonyl (C=O) groups excluding carboxylic acids is 1. The zero-order chi connectivity index (χ0) is 13.4. The number of H-pyrrole nitrogens is 1. The van der Waals surface area contributed by atoms with E-state index in [4.69, 9.17) is 4.74 Å². The van der Waals surface area contributed by atoms with E-state index in [0.29, 0.717) is 12.5 Å². The molecule has 3 nitrogen and oxygen atoms in total. The summed E-state index contributed by atoms with van der Waals surface area (Å²) in [6, 6.07) is 5.86. The van der Waals surface area contributed by atoms with Crippen LogP contribution >= 0.6 is 0 Å². The average Bonchev–Trinajstić information content (AvgIpc) is 3.18. The van der Waals surface area contributed by atoms with Gasteiger partial charge in [-0.2, -0.15) is 0 Å². The fraction of sp³-hybridized carbons (Fsp3) is 0.438. The van der Waals surface area contributed by atoms with E-state index < -0.39 is 0 Å². The first-order valence-corrected chi connectivity index (χ1v) is 6.99. The van der Waals surface area contributed by atoms with Crippen LogP contribution in [-0.4, -0.2) is 17.4 Å². The number of fused-ring (bicyclic) bond motifs is 1. The Morgan fingerprint density at radius 2 is 2.26 bits per heavy atom. The monoisotopic (exact) mass is 257 g/mol. The number of Topliss-reactive ketones (excluding diaryl/α,β-unsaturated/α-hetero) is 1. The van der Waals surface area contributed by atoms with Gasteiger partial charge in [0.1, 0.15) is 5.75 Å². The van der Waals surface area contributed by atoms with Crippen LogP contribution < -0.4 is 4.74 Å². The number of hydrogen-bond acceptors (Lipinski definition) is 2. The number of ether oxygens (including phenoxy) is 1. The van der Waals surface area contributed by atoms with Crippen molar-refractivity contribution in [1.82, 2.24) is 4.98 Å². The van der Waals surface area contributed by atoms with Crippen LogP contribution in [0.15, 0.2) is 24.4 Å². The van der Waals surface area contributed by atoms with Gasteiger partial charge in [-0.3, -0.25) is 4.79 Å². The van der Waals surface area contributed by atoms with Gasteiger partial charge in [0.05, 0.1) is 6.61 Å². The second kappa shape index (κ2) is 4.72. The lowest BCUT2D eigenvalue weighted by atomic mass is 9.95. The van der Waals surface area contributed by atoms with Gasteiger partial charge in [0.2, 0.25) is 0 Å². The summed E-state index contributed by atoms with van der Waals surface area (Å²) in [7, 11) is 0. The highest BCUT2D eigenvalue weighted by Gasteiger charge is 2.33. The molecule has 0 amide bonds. The van der Waals surface area contributed by atoms with E-state index in [-0.39, 0.29) is 11.7 Å². The van der Waals surface area contributed by atoms with E-state index in [9.17, 15) is 4.79 Å². The third-order valence-electron chi connectivity index (χ3n) is 3.97. The van der Waals surface area contributed by atoms with Crippen molar-refractivity contribution in [2.75, 3.05) is 6.61 Å². The minimum absolute atomic E-state index is 0.134. The molecule has 1 fully saturated rings. The molecule has 1 aliphatic rings. The number of aromatic nitrogens is 1. The molecule has 1 saturated carbocycles. The summed E-state index contributed by atoms with van der Waals surface area (Å²) in [6.07, 6.45) is 4.22. The lowest BCUT2D eigenvalue weighted by Gasteiger charge is -2.08. The van der Waals surface area contributed by atoms with Crippen LogP contribution in [0.25, 0.3) is 10.9 Å². The van der Waals surface area contributed by atoms with Crippen molar-refractivity contribution >= 4 is 16.7 Å². The maximum Gasteiger partial charge on any atom is 0.168 e. The number of rotatable bonds is 5. The molecule has 1 aromatic heterocycles. The number of carbonyl (C=O) groups is 1. The minimum atomic E-state index is 0.134. The molecule has 1 heterocycles. The summed E-state index contributed by atoms with van der Waals surface area (Å²) in [5, 5.41) is 0.975. The fourth-order valence-corrected chi connectivity index (χ4v) is 2.62. The summed E-state index contributed by atoms with van der Waals surface area (Å²) in [6.45, 7) is 4.64. The molecule has 3 heteroatoms. The molecule has 0 spiro atoms. The highest BCUT2D eigenvalue weighted by Crippen LogP contribution is 2.39. The minimum Gasteiger partial charge on any atom is -0.494 e. The van der Waals surface area contributed by atoms with Crippen molar-refractivity contribution in [2.45, 2.75) is 26.7 Å². The van der Waals surface area contributed by atoms with E-state index in [0.717, 1.165) is 22.2 Å². The summed E-state index contributed by atoms with van der Waals surface area (Å²) < 4.78 is 5.51. The Morgan fingerprint density at radius 3 is 2.95 bits per heavy atom. The summed E-state index contributed by atoms with van der Waals surface area (Å²) >= 11 is 0. The molecule has 0 radical (unpaired) electrons. The standard InChI is InChI=1S/C16H19NO2/c1-3-19-12-6-7-15-13(8-12)14(9-17-15)16(18)10(2)11-4-5-11/h6-11,17H,3-5H2,1-2H3. The number of benzene rings is 1. The Balaban J connectivity index is 1.97. The Kier molecular flexibility index (Phi) is 3.05. The van der Waals surface area contributed by atoms with Crippen LogP contribution in [-0.2, 0) is 0 Å². The molecular formula is C16H19NO2. The molecule has 0 bridgehead atoms. The van der Waals surface area contributed by atoms with E-state index >= 15 is 0 Å². The molecule has 100 valence electrons. The highest BCUT2D eigenvalue weighted by molar-refractivity contribution is 6.09. The Morgan fingerprint density at radius 1 is 1.47 bits per heavy atom. The van der Waals surface area contributed by atoms with Gasteiger partial charge in [-0.25, -0.2) is 0 Å². The van der Waals surface area contributed by atoms with Gasteiger partial charge in [0.15, 0.2) is 5.78 Å². The lowest BCUT2D eigenvalue weighted by molar-refractivity contribution is 0.0918. The average molecular weight is 257 g/mol. The molecule has 0 saturated heterocycles. The van der Waals surface area contributed by atoms with Crippen LogP contribution in [0.5, 0.6) is 5.75 Å². The van der Waals surface area contributed by atoms with Gasteiger partial charge < -0.3 is 9.72 Å². The maximum atomic E-state index is 12.5. The Hall–Kier alpha value is -1.77. The van der Waals surface area contributed by atoms with Crippen LogP contribution in [0.4, 0.5) is 0 Å². The van der Waals surface area contributed by atoms with Gasteiger partial charge in [0.25, 0.3) is 0 Å². The first-order valence-electron chi connectivity index (χ1n) is 6.99. The van der Waals surface area contributed by atoms with Crippen LogP contribution in [0.3, 0.4) is 0 Å². The largest absolute Gasteiger partial charge is 0.494 e. The number of ketones is 1. The SMILES string of the molecule is CCOc1ccc2[nH]cc(C(=O)C(C)C3CC3)c2c1. The quantitative estimate of drug-likeness (QED) is 0.828. The van der Waals surface area contributed by atoms with Crippen molar-refractivity contribution in [2.24, 2.45) is 11.8 Å². The van der Waals surface area contributed by atoms with Crippen LogP contribution in [0.1, 0.15) is 37.0 Å². The zero-order valence-corrected chi connectivity index (χ0v) is 11.4. The van der Waals surface area contributed by atoms with Gasteiger partial charge in [-0.15, -0.1) is 0 Å². The smallest absolute Gasteiger partial charge is 0.168 e. The second-order valence-electron chi connectivity index (χ2n) is 5.33. The Labute approximate surface area is 113 Å². The molecule has 1 atom stereocenters. The van der Waals surface area contributed by atoms with Crippen molar-refractivity contribution in [1.29, 1.82) is 0 Å². The molecule has 3 rings (SSSR count). The topological polar surface area (TPSA) is 42.1 Å². The lowest BCUT2D eigenvalue weighted by Crippen LogP contribution is -2.12. The first kappa shape index (κ1) is 12.3. The molecule has 2 aromatic rings. The van der Waals surface area contributed by atoms with E-state index in [1.165, 1.54) is 12.8 Å². The van der Waals surface area contributed by atoms with Crippen molar-refractivity contribution in [3.63, 3.8) is 0 Å². The summed E-state index contributed by atoms with van der Waals surface area (Å²) in [4.78, 5) is 15.7. The van der Waals surface area contributed by atoms with Gasteiger partial charge in [-0.1, -0.05) is 6.92 Å². The third kappa shape index (κ3) is 2.25. The molecule has 1 unspecified atom stereocenters. The fourth-order valence-electron chi connectivity index (χ4n) is 2.62. The zero-order valence-electron chi connectivity index (χ0n) is 11.4. The number of nitrogens with one attached hydrogen (secondary N) is 1. The van der Waals surface area contributed by atoms with Crippen molar-refractivity contribution in [3.05, 3.63) is 30.0 Å². The van der Waals surface area contributed by atoms with E-state index in [1.54, 1.807) is 0 Å². The summed E-state index contributed by atoms with van der Waals surface area (Å²) in [5.41, 5.74) is 1.80. The molecule has 0 aliphatic heterocycles. The molecule has 1 N–H and O–H groups in total. The molecule has 1 aromatic carbocycles. The predicted octanol–water partition coefficient (Wildman–Crippen LogP) is 3.80. The van der Waals surface area contributed by atoms with Gasteiger partial charge in [0, 0.05) is 28.6 Å².